The van der Waals surface area contributed by atoms with Gasteiger partial charge in [-0.15, -0.1) is 0 Å². The Bertz CT molecular complexity index is 986. The zero-order chi connectivity index (χ0) is 22.3. The molecule has 0 radical (unpaired) electrons. The molecule has 1 fully saturated rings. The zero-order valence-electron chi connectivity index (χ0n) is 17.9. The van der Waals surface area contributed by atoms with E-state index >= 15 is 0 Å². The van der Waals surface area contributed by atoms with Crippen molar-refractivity contribution in [3.05, 3.63) is 54.1 Å². The predicted octanol–water partition coefficient (Wildman–Crippen LogP) is 2.05. The minimum Gasteiger partial charge on any atom is -0.454 e. The number of amides is 1. The Morgan fingerprint density at radius 1 is 0.969 bits per heavy atom. The van der Waals surface area contributed by atoms with Crippen LogP contribution in [0.3, 0.4) is 0 Å². The molecule has 32 heavy (non-hydrogen) atoms. The van der Waals surface area contributed by atoms with Crippen LogP contribution in [0.25, 0.3) is 0 Å². The van der Waals surface area contributed by atoms with Gasteiger partial charge in [0.2, 0.25) is 13.4 Å². The largest absolute Gasteiger partial charge is 0.454 e. The van der Waals surface area contributed by atoms with Crippen molar-refractivity contribution < 1.29 is 28.6 Å². The maximum absolute atomic E-state index is 12.3. The van der Waals surface area contributed by atoms with E-state index in [1.807, 2.05) is 24.3 Å². The van der Waals surface area contributed by atoms with Crippen molar-refractivity contribution in [1.29, 1.82) is 0 Å². The van der Waals surface area contributed by atoms with Gasteiger partial charge in [-0.05, 0) is 37.3 Å². The van der Waals surface area contributed by atoms with E-state index in [4.69, 9.17) is 19.0 Å². The summed E-state index contributed by atoms with van der Waals surface area (Å²) in [5.41, 5.74) is 2.50. The Balaban J connectivity index is 1.16. The molecule has 1 saturated heterocycles. The summed E-state index contributed by atoms with van der Waals surface area (Å²) in [6.45, 7) is 3.90. The number of esters is 1. The van der Waals surface area contributed by atoms with Gasteiger partial charge < -0.3 is 28.8 Å². The lowest BCUT2D eigenvalue weighted by atomic mass is 10.1. The molecule has 1 amide bonds. The summed E-state index contributed by atoms with van der Waals surface area (Å²) >= 11 is 0. The molecule has 2 heterocycles. The number of nitrogens with zero attached hydrogens (tertiary/aromatic N) is 3. The number of anilines is 1. The summed E-state index contributed by atoms with van der Waals surface area (Å²) in [6.07, 6.45) is 0. The quantitative estimate of drug-likeness (QED) is 0.371. The van der Waals surface area contributed by atoms with Gasteiger partial charge >= 0.3 is 5.97 Å². The number of hydrogen-bond donors (Lipinski definition) is 0. The Morgan fingerprint density at radius 3 is 2.50 bits per heavy atom. The monoisotopic (exact) mass is 439 g/mol. The van der Waals surface area contributed by atoms with E-state index in [0.29, 0.717) is 30.3 Å². The van der Waals surface area contributed by atoms with E-state index in [9.17, 15) is 9.59 Å². The average molecular weight is 439 g/mol. The van der Waals surface area contributed by atoms with E-state index in [1.54, 1.807) is 24.0 Å². The number of carbonyl (C=O) groups excluding carboxylic acids is 2. The highest BCUT2D eigenvalue weighted by Gasteiger charge is 2.22. The van der Waals surface area contributed by atoms with Crippen LogP contribution in [0.4, 0.5) is 5.69 Å². The topological polar surface area (TPSA) is 89.9 Å². The van der Waals surface area contributed by atoms with Crippen LogP contribution >= 0.6 is 0 Å². The number of benzene rings is 2. The zero-order valence-corrected chi connectivity index (χ0v) is 17.9. The molecule has 9 heteroatoms. The van der Waals surface area contributed by atoms with E-state index in [2.05, 4.69) is 22.2 Å². The molecule has 0 aromatic heterocycles. The first kappa shape index (κ1) is 21.5. The first-order chi connectivity index (χ1) is 15.6. The lowest BCUT2D eigenvalue weighted by Gasteiger charge is -2.36. The summed E-state index contributed by atoms with van der Waals surface area (Å²) < 4.78 is 15.6. The molecule has 2 aromatic carbocycles. The van der Waals surface area contributed by atoms with E-state index in [0.717, 1.165) is 24.3 Å². The summed E-state index contributed by atoms with van der Waals surface area (Å²) in [7, 11) is 0. The summed E-state index contributed by atoms with van der Waals surface area (Å²) in [5, 5.41) is 3.93. The summed E-state index contributed by atoms with van der Waals surface area (Å²) in [4.78, 5) is 33.3. The fraction of sp³-hybridized carbons (Fsp3) is 0.348. The van der Waals surface area contributed by atoms with Crippen LogP contribution in [0.1, 0.15) is 12.5 Å². The number of fused-ring (bicyclic) bond motifs is 1. The van der Waals surface area contributed by atoms with Gasteiger partial charge in [0.1, 0.15) is 0 Å². The molecule has 2 aliphatic rings. The van der Waals surface area contributed by atoms with Crippen molar-refractivity contribution in [3.8, 4) is 11.5 Å². The van der Waals surface area contributed by atoms with Crippen molar-refractivity contribution in [2.75, 3.05) is 51.1 Å². The predicted molar refractivity (Wildman–Crippen MR) is 117 cm³/mol. The van der Waals surface area contributed by atoms with E-state index in [-0.39, 0.29) is 25.9 Å². The van der Waals surface area contributed by atoms with Gasteiger partial charge in [0, 0.05) is 37.4 Å². The van der Waals surface area contributed by atoms with E-state index < -0.39 is 5.97 Å². The van der Waals surface area contributed by atoms with Crippen LogP contribution in [0, 0.1) is 0 Å². The van der Waals surface area contributed by atoms with Crippen molar-refractivity contribution in [3.63, 3.8) is 0 Å². The van der Waals surface area contributed by atoms with Crippen LogP contribution in [0.5, 0.6) is 11.5 Å². The Morgan fingerprint density at radius 2 is 1.72 bits per heavy atom. The molecule has 0 N–H and O–H groups in total. The van der Waals surface area contributed by atoms with Gasteiger partial charge in [-0.3, -0.25) is 4.79 Å². The van der Waals surface area contributed by atoms with Gasteiger partial charge in [0.25, 0.3) is 5.91 Å². The number of para-hydroxylation sites is 1. The lowest BCUT2D eigenvalue weighted by molar-refractivity contribution is -0.155. The van der Waals surface area contributed by atoms with Crippen LogP contribution < -0.4 is 14.4 Å². The molecular formula is C23H25N3O6. The van der Waals surface area contributed by atoms with Crippen molar-refractivity contribution in [1.82, 2.24) is 4.90 Å². The SMILES string of the molecule is CC(=NOCC(=O)OCC(=O)N1CCN(c2ccccc2)CC1)c1ccc2c(c1)OCO2. The second kappa shape index (κ2) is 10.0. The van der Waals surface area contributed by atoms with Crippen molar-refractivity contribution >= 4 is 23.3 Å². The van der Waals surface area contributed by atoms with Crippen LogP contribution in [0.2, 0.25) is 0 Å². The molecule has 0 aliphatic carbocycles. The third kappa shape index (κ3) is 5.29. The number of oxime groups is 1. The molecular weight excluding hydrogens is 414 g/mol. The molecule has 2 aromatic rings. The van der Waals surface area contributed by atoms with Gasteiger partial charge in [-0.25, -0.2) is 4.79 Å². The molecule has 0 saturated carbocycles. The first-order valence-corrected chi connectivity index (χ1v) is 10.4. The molecule has 4 rings (SSSR count). The molecule has 2 aliphatic heterocycles. The standard InChI is InChI=1S/C23H25N3O6/c1-17(18-7-8-20-21(13-18)31-16-30-20)24-32-15-23(28)29-14-22(27)26-11-9-25(10-12-26)19-5-3-2-4-6-19/h2-8,13H,9-12,14-16H2,1H3. The number of rotatable bonds is 7. The average Bonchev–Trinajstić information content (AvgIpc) is 3.31. The van der Waals surface area contributed by atoms with Crippen molar-refractivity contribution in [2.24, 2.45) is 5.16 Å². The summed E-state index contributed by atoms with van der Waals surface area (Å²) in [6, 6.07) is 15.5. The van der Waals surface area contributed by atoms with Gasteiger partial charge in [-0.2, -0.15) is 0 Å². The fourth-order valence-electron chi connectivity index (χ4n) is 3.48. The second-order valence-electron chi connectivity index (χ2n) is 7.38. The minimum atomic E-state index is -0.650. The lowest BCUT2D eigenvalue weighted by Crippen LogP contribution is -2.50. The molecule has 0 unspecified atom stereocenters. The normalized spacial score (nSPS) is 15.5. The van der Waals surface area contributed by atoms with Crippen LogP contribution in [-0.4, -0.2) is 68.7 Å². The summed E-state index contributed by atoms with van der Waals surface area (Å²) in [5.74, 6) is 0.450. The number of carbonyl (C=O) groups is 2. The number of piperazine rings is 1. The number of hydrogen-bond acceptors (Lipinski definition) is 8. The van der Waals surface area contributed by atoms with Crippen LogP contribution in [-0.2, 0) is 19.2 Å². The van der Waals surface area contributed by atoms with Crippen LogP contribution in [0.15, 0.2) is 53.7 Å². The Labute approximate surface area is 186 Å². The maximum Gasteiger partial charge on any atom is 0.347 e. The molecule has 0 spiro atoms. The van der Waals surface area contributed by atoms with Gasteiger partial charge in [-0.1, -0.05) is 23.4 Å². The first-order valence-electron chi connectivity index (χ1n) is 10.4. The van der Waals surface area contributed by atoms with E-state index in [1.165, 1.54) is 0 Å². The second-order valence-corrected chi connectivity index (χ2v) is 7.38. The highest BCUT2D eigenvalue weighted by atomic mass is 16.7. The highest BCUT2D eigenvalue weighted by Crippen LogP contribution is 2.32. The number of ether oxygens (including phenoxy) is 3. The Hall–Kier alpha value is -3.75. The molecule has 0 atom stereocenters. The van der Waals surface area contributed by atoms with Crippen molar-refractivity contribution in [2.45, 2.75) is 6.92 Å². The smallest absolute Gasteiger partial charge is 0.347 e. The molecule has 0 bridgehead atoms. The third-order valence-corrected chi connectivity index (χ3v) is 5.28. The highest BCUT2D eigenvalue weighted by molar-refractivity contribution is 5.99. The molecule has 168 valence electrons. The minimum absolute atomic E-state index is 0.193. The maximum atomic E-state index is 12.3. The third-order valence-electron chi connectivity index (χ3n) is 5.28. The Kier molecular flexibility index (Phi) is 6.74. The van der Waals surface area contributed by atoms with Gasteiger partial charge in [0.15, 0.2) is 18.1 Å². The van der Waals surface area contributed by atoms with Gasteiger partial charge in [0.05, 0.1) is 5.71 Å². The fourth-order valence-corrected chi connectivity index (χ4v) is 3.48. The molecule has 9 nitrogen and oxygen atoms in total.